The molecule has 0 rings (SSSR count). The van der Waals surface area contributed by atoms with Gasteiger partial charge in [0.1, 0.15) is 17.3 Å². The molecule has 8 atom stereocenters. The minimum Gasteiger partial charge on any atom is -0.356 e. The first-order chi connectivity index (χ1) is 59.8. The van der Waals surface area contributed by atoms with Crippen molar-refractivity contribution >= 4 is 94.0 Å². The molecule has 12 amide bonds. The van der Waals surface area contributed by atoms with Crippen molar-refractivity contribution in [2.45, 2.75) is 414 Å². The fraction of sp³-hybridized carbons (Fsp3) is 0.843. The lowest BCUT2D eigenvalue weighted by molar-refractivity contribution is -0.135. The average molecular weight is 1890 g/mol. The Kier molecular flexibility index (Phi) is 63.2. The van der Waals surface area contributed by atoms with Gasteiger partial charge in [0.15, 0.2) is 17.3 Å². The first kappa shape index (κ1) is 134. The molecule has 0 saturated carbocycles. The zero-order valence-corrected chi connectivity index (χ0v) is 91.1. The van der Waals surface area contributed by atoms with Crippen LogP contribution in [-0.2, 0) is 67.1 Å². The van der Waals surface area contributed by atoms with Gasteiger partial charge in [-0.25, -0.2) is 9.59 Å². The Morgan fingerprint density at radius 1 is 0.301 bits per heavy atom. The number of hydrogen-bond donors (Lipinski definition) is 15. The monoisotopic (exact) mass is 1890 g/mol. The van der Waals surface area contributed by atoms with Crippen LogP contribution >= 0.6 is 0 Å². The number of carbonyl (C=O) groups is 16. The fourth-order valence-corrected chi connectivity index (χ4v) is 14.1. The molecule has 0 aliphatic carbocycles. The quantitative estimate of drug-likeness (QED) is 0.0252. The highest BCUT2D eigenvalue weighted by atomic mass is 16.2. The molecule has 0 bridgehead atoms. The predicted octanol–water partition coefficient (Wildman–Crippen LogP) is 13.6. The molecular formula is C102H197N15O16. The number of carbonyl (C=O) groups excluding carboxylic acids is 16. The lowest BCUT2D eigenvalue weighted by Crippen LogP contribution is -2.51. The molecule has 0 aliphatic heterocycles. The number of primary amides is 2. The van der Waals surface area contributed by atoms with E-state index in [1.807, 2.05) is 173 Å². The van der Waals surface area contributed by atoms with E-state index in [1.54, 1.807) is 0 Å². The van der Waals surface area contributed by atoms with E-state index >= 15 is 0 Å². The van der Waals surface area contributed by atoms with Crippen LogP contribution in [0.15, 0.2) is 0 Å². The third-order valence-corrected chi connectivity index (χ3v) is 20.4. The van der Waals surface area contributed by atoms with Crippen LogP contribution < -0.4 is 80.6 Å². The van der Waals surface area contributed by atoms with Crippen LogP contribution in [0.3, 0.4) is 0 Å². The standard InChI is InChI=1S/C22H42N2O3.C21H41N3O3.C21H40N2O3.C20H39N3O3.C18H35N5O4/c1-15(2)13-18(24-22(7,8)9)19(26)14-17(20(27)21(4,5)6)11-10-12-23-16(3)25;1-14(2)12-15(13-20(3,4)5)18(26)24-16(17(25)21(6,7)8)10-9-11-23-19(22)27;1-14(2)18(23-21(7,8)9)17(25)13-16(19(26)20(4,5)6)11-10-12-22-15(3)24;1-13(2)14(12-19(3,4)5)17(25)23-15(16(24)20(6,7)8)10-9-11-22-18(21)26;1-17(2,3)9-13(24)19-7-8-20-14(25)10-21-15(26)11-22-16(27)12-23-18(4,5)6/h15,17-18,24H,10-14H2,1-9H3,(H,23,25);14-16H,9-13H2,1-8H3,(H,24,26)(H3,22,23,27);14,16,18,23H,10-13H2,1-9H3,(H,22,24);13-15H,9-12H2,1-8H3,(H,23,25)(H3,21,22,26);23H,7-12H2,1-6H3,(H,19,24)(H,20,25)(H,21,26)(H,22,27). The van der Waals surface area contributed by atoms with Crippen molar-refractivity contribution in [3.05, 3.63) is 0 Å². The summed E-state index contributed by atoms with van der Waals surface area (Å²) in [5.41, 5.74) is 7.53. The summed E-state index contributed by atoms with van der Waals surface area (Å²) in [7, 11) is 0. The Morgan fingerprint density at radius 2 is 0.639 bits per heavy atom. The van der Waals surface area contributed by atoms with Crippen LogP contribution in [0.25, 0.3) is 0 Å². The number of rotatable bonds is 50. The Labute approximate surface area is 805 Å². The molecule has 0 fully saturated rings. The molecule has 0 aromatic rings. The lowest BCUT2D eigenvalue weighted by Gasteiger charge is -2.32. The lowest BCUT2D eigenvalue weighted by atomic mass is 9.77. The topological polar surface area (TPSA) is 482 Å². The number of nitrogens with two attached hydrogens (primary N) is 2. The van der Waals surface area contributed by atoms with Gasteiger partial charge in [-0.3, -0.25) is 67.1 Å². The summed E-state index contributed by atoms with van der Waals surface area (Å²) in [6.07, 6.45) is 8.73. The zero-order valence-electron chi connectivity index (χ0n) is 91.1. The van der Waals surface area contributed by atoms with Gasteiger partial charge in [0.05, 0.1) is 43.8 Å². The SMILES string of the molecule is CC(=O)NCCCC(CC(=O)C(CC(C)C)NC(C)(C)C)C(=O)C(C)(C)C.CC(=O)NCCCC(CC(=O)C(NC(C)(C)C)C(C)C)C(=O)C(C)(C)C.CC(C)(C)CC(=O)NCCNC(=O)CNC(=O)CNC(=O)CNC(C)(C)C.CC(C)C(CC(C)(C)C)C(=O)NC(CCCNC(N)=O)C(=O)C(C)(C)C.CC(C)CC(CC(C)(C)C)C(=O)NC(CCCNC(N)=O)C(=O)C(C)(C)C. The van der Waals surface area contributed by atoms with Crippen LogP contribution in [-0.4, -0.2) is 194 Å². The third-order valence-electron chi connectivity index (χ3n) is 20.4. The van der Waals surface area contributed by atoms with E-state index in [2.05, 4.69) is 159 Å². The van der Waals surface area contributed by atoms with Crippen molar-refractivity contribution in [1.82, 2.24) is 69.1 Å². The minimum atomic E-state index is -0.585. The summed E-state index contributed by atoms with van der Waals surface area (Å²) >= 11 is 0. The first-order valence-corrected chi connectivity index (χ1v) is 48.6. The largest absolute Gasteiger partial charge is 0.356 e. The second-order valence-electron chi connectivity index (χ2n) is 48.4. The normalized spacial score (nSPS) is 14.0. The molecule has 0 saturated heterocycles. The van der Waals surface area contributed by atoms with Crippen molar-refractivity contribution in [3.63, 3.8) is 0 Å². The van der Waals surface area contributed by atoms with E-state index < -0.39 is 51.7 Å². The first-order valence-electron chi connectivity index (χ1n) is 48.6. The molecular weight excluding hydrogens is 1690 g/mol. The second kappa shape index (κ2) is 62.8. The van der Waals surface area contributed by atoms with Gasteiger partial charge in [0.25, 0.3) is 0 Å². The van der Waals surface area contributed by atoms with E-state index in [4.69, 9.17) is 11.5 Å². The molecule has 0 spiro atoms. The summed E-state index contributed by atoms with van der Waals surface area (Å²) < 4.78 is 0. The van der Waals surface area contributed by atoms with Crippen molar-refractivity contribution in [2.24, 2.45) is 96.7 Å². The highest BCUT2D eigenvalue weighted by Crippen LogP contribution is 2.34. The van der Waals surface area contributed by atoms with E-state index in [0.29, 0.717) is 102 Å². The molecule has 133 heavy (non-hydrogen) atoms. The molecule has 776 valence electrons. The zero-order chi connectivity index (χ0) is 105. The Morgan fingerprint density at radius 3 is 0.955 bits per heavy atom. The predicted molar refractivity (Wildman–Crippen MR) is 538 cm³/mol. The molecule has 0 aromatic heterocycles. The smallest absolute Gasteiger partial charge is 0.312 e. The van der Waals surface area contributed by atoms with E-state index in [9.17, 15) is 76.7 Å². The maximum absolute atomic E-state index is 13.1. The van der Waals surface area contributed by atoms with Crippen molar-refractivity contribution in [2.75, 3.05) is 58.9 Å². The molecule has 17 N–H and O–H groups in total. The number of hydrogen-bond acceptors (Lipinski definition) is 19. The van der Waals surface area contributed by atoms with Crippen LogP contribution in [0.4, 0.5) is 9.59 Å². The highest BCUT2D eigenvalue weighted by Gasteiger charge is 2.40. The van der Waals surface area contributed by atoms with Gasteiger partial charge < -0.3 is 80.6 Å². The van der Waals surface area contributed by atoms with Gasteiger partial charge in [-0.15, -0.1) is 0 Å². The number of amides is 12. The summed E-state index contributed by atoms with van der Waals surface area (Å²) in [5, 5.41) is 36.6. The summed E-state index contributed by atoms with van der Waals surface area (Å²) in [5.74, 6) is -0.721. The van der Waals surface area contributed by atoms with Crippen LogP contribution in [0.5, 0.6) is 0 Å². The summed E-state index contributed by atoms with van der Waals surface area (Å²) in [6, 6.07) is -2.78. The van der Waals surface area contributed by atoms with Crippen molar-refractivity contribution in [1.29, 1.82) is 0 Å². The van der Waals surface area contributed by atoms with E-state index in [-0.39, 0.29) is 196 Å². The fourth-order valence-electron chi connectivity index (χ4n) is 14.1. The van der Waals surface area contributed by atoms with Crippen LogP contribution in [0.2, 0.25) is 0 Å². The van der Waals surface area contributed by atoms with Gasteiger partial charge in [0, 0.05) is 134 Å². The minimum absolute atomic E-state index is 0.00295. The van der Waals surface area contributed by atoms with Gasteiger partial charge in [-0.1, -0.05) is 201 Å². The van der Waals surface area contributed by atoms with Gasteiger partial charge in [0.2, 0.25) is 47.3 Å². The highest BCUT2D eigenvalue weighted by molar-refractivity contribution is 5.96. The van der Waals surface area contributed by atoms with Crippen LogP contribution in [0, 0.1) is 85.2 Å². The molecule has 8 unspecified atom stereocenters. The number of Topliss-reactive ketones (excluding diaryl/α,β-unsaturated/α-hetero) is 6. The molecule has 0 aliphatic rings. The Hall–Kier alpha value is -7.80. The van der Waals surface area contributed by atoms with Gasteiger partial charge in [-0.2, -0.15) is 0 Å². The second-order valence-corrected chi connectivity index (χ2v) is 48.4. The number of nitrogens with one attached hydrogen (secondary N) is 13. The molecule has 0 heterocycles. The Bertz CT molecular complexity index is 3380. The molecule has 0 radical (unpaired) electrons. The average Bonchev–Trinajstić information content (AvgIpc) is 0.855. The molecule has 0 aromatic carbocycles. The maximum atomic E-state index is 13.1. The van der Waals surface area contributed by atoms with Crippen molar-refractivity contribution < 1.29 is 76.7 Å². The maximum Gasteiger partial charge on any atom is 0.312 e. The molecule has 31 nitrogen and oxygen atoms in total. The number of urea groups is 2. The third kappa shape index (κ3) is 76.0. The van der Waals surface area contributed by atoms with Crippen LogP contribution in [0.1, 0.15) is 373 Å². The van der Waals surface area contributed by atoms with Gasteiger partial charge >= 0.3 is 12.1 Å². The summed E-state index contributed by atoms with van der Waals surface area (Å²) in [6.45, 7) is 80.9. The van der Waals surface area contributed by atoms with Gasteiger partial charge in [-0.05, 0) is 179 Å². The molecule has 31 heteroatoms. The summed E-state index contributed by atoms with van der Waals surface area (Å²) in [4.78, 5) is 193. The van der Waals surface area contributed by atoms with Crippen molar-refractivity contribution in [3.8, 4) is 0 Å². The number of ketones is 6. The van der Waals surface area contributed by atoms with E-state index in [1.165, 1.54) is 13.8 Å². The Balaban J connectivity index is -0.000000513. The van der Waals surface area contributed by atoms with E-state index in [0.717, 1.165) is 25.7 Å².